The SMILES string of the molecule is CCCOC(=O)N[C@H]1CCCC/C=C\[C@H]2C[C@@]2(C(=O)O)NC(=O)[C@@H]2C[C@@H](Oc3cc(OCC)nc4c(Cl)cccc34)CN2C(=O)C1. The van der Waals surface area contributed by atoms with Gasteiger partial charge < -0.3 is 34.9 Å². The summed E-state index contributed by atoms with van der Waals surface area (Å²) in [5, 5.41) is 16.7. The zero-order valence-electron chi connectivity index (χ0n) is 26.1. The molecule has 248 valence electrons. The van der Waals surface area contributed by atoms with Crippen molar-refractivity contribution in [1.82, 2.24) is 20.5 Å². The van der Waals surface area contributed by atoms with Crippen LogP contribution >= 0.6 is 11.6 Å². The number of para-hydroxylation sites is 1. The second-order valence-electron chi connectivity index (χ2n) is 12.0. The molecule has 1 aliphatic carbocycles. The van der Waals surface area contributed by atoms with Crippen LogP contribution in [0.25, 0.3) is 10.9 Å². The fraction of sp³-hybridized carbons (Fsp3) is 0.545. The van der Waals surface area contributed by atoms with Gasteiger partial charge in [0.05, 0.1) is 30.3 Å². The van der Waals surface area contributed by atoms with Gasteiger partial charge in [0.2, 0.25) is 17.7 Å². The number of benzene rings is 1. The van der Waals surface area contributed by atoms with E-state index in [-0.39, 0.29) is 44.2 Å². The zero-order chi connectivity index (χ0) is 32.8. The molecule has 5 atom stereocenters. The number of aromatic nitrogens is 1. The Morgan fingerprint density at radius 1 is 1.24 bits per heavy atom. The standard InChI is InChI=1S/C33H41ClN4O8/c1-3-14-45-32(43)35-21-11-8-6-5-7-10-20-18-33(20,31(41)42)37-30(40)25-16-22(19-38(25)28(39)15-21)46-26-17-27(44-4-2)36-29-23(26)12-9-13-24(29)34/h7,9-10,12-13,17,20-22,25H,3-6,8,11,14-16,18-19H2,1-2H3,(H,35,43)(H,37,40)(H,41,42)/b10-7-/t20-,21-,22+,25-,33+/m0/s1. The van der Waals surface area contributed by atoms with Crippen LogP contribution in [0.2, 0.25) is 5.02 Å². The summed E-state index contributed by atoms with van der Waals surface area (Å²) in [5.41, 5.74) is -0.925. The summed E-state index contributed by atoms with van der Waals surface area (Å²) >= 11 is 6.45. The Labute approximate surface area is 272 Å². The third-order valence-electron chi connectivity index (χ3n) is 8.67. The van der Waals surface area contributed by atoms with Crippen molar-refractivity contribution >= 4 is 46.4 Å². The van der Waals surface area contributed by atoms with Crippen molar-refractivity contribution in [1.29, 1.82) is 0 Å². The zero-order valence-corrected chi connectivity index (χ0v) is 26.9. The maximum absolute atomic E-state index is 13.9. The molecule has 46 heavy (non-hydrogen) atoms. The predicted molar refractivity (Wildman–Crippen MR) is 170 cm³/mol. The number of halogens is 1. The van der Waals surface area contributed by atoms with E-state index in [0.29, 0.717) is 47.0 Å². The number of carbonyl (C=O) groups excluding carboxylic acids is 3. The van der Waals surface area contributed by atoms with Gasteiger partial charge in [-0.05, 0) is 51.2 Å². The summed E-state index contributed by atoms with van der Waals surface area (Å²) < 4.78 is 17.3. The maximum Gasteiger partial charge on any atom is 0.407 e. The van der Waals surface area contributed by atoms with Crippen LogP contribution in [0.5, 0.6) is 11.6 Å². The van der Waals surface area contributed by atoms with Gasteiger partial charge in [-0.15, -0.1) is 0 Å². The second kappa shape index (κ2) is 14.6. The van der Waals surface area contributed by atoms with E-state index in [1.165, 1.54) is 4.90 Å². The van der Waals surface area contributed by atoms with Crippen LogP contribution in [0.15, 0.2) is 36.4 Å². The van der Waals surface area contributed by atoms with Crippen molar-refractivity contribution < 1.29 is 38.5 Å². The summed E-state index contributed by atoms with van der Waals surface area (Å²) in [6, 6.07) is 5.47. The Morgan fingerprint density at radius 3 is 2.83 bits per heavy atom. The van der Waals surface area contributed by atoms with E-state index in [1.807, 2.05) is 32.1 Å². The fourth-order valence-electron chi connectivity index (χ4n) is 6.20. The minimum atomic E-state index is -1.42. The number of hydrogen-bond acceptors (Lipinski definition) is 8. The third-order valence-corrected chi connectivity index (χ3v) is 8.97. The topological polar surface area (TPSA) is 156 Å². The van der Waals surface area contributed by atoms with E-state index in [9.17, 15) is 24.3 Å². The molecule has 0 spiro atoms. The van der Waals surface area contributed by atoms with Crippen LogP contribution in [-0.4, -0.2) is 82.4 Å². The molecule has 3 heterocycles. The number of ether oxygens (including phenoxy) is 3. The van der Waals surface area contributed by atoms with E-state index < -0.39 is 41.7 Å². The van der Waals surface area contributed by atoms with Gasteiger partial charge in [0, 0.05) is 36.3 Å². The summed E-state index contributed by atoms with van der Waals surface area (Å²) in [7, 11) is 0. The first-order valence-electron chi connectivity index (χ1n) is 16.0. The normalized spacial score (nSPS) is 27.3. The van der Waals surface area contributed by atoms with E-state index in [2.05, 4.69) is 15.6 Å². The predicted octanol–water partition coefficient (Wildman–Crippen LogP) is 4.62. The number of amides is 3. The quantitative estimate of drug-likeness (QED) is 0.345. The molecule has 1 saturated heterocycles. The van der Waals surface area contributed by atoms with Crippen LogP contribution in [0.4, 0.5) is 4.79 Å². The van der Waals surface area contributed by atoms with Crippen molar-refractivity contribution in [3.05, 3.63) is 41.4 Å². The Bertz CT molecular complexity index is 1500. The van der Waals surface area contributed by atoms with Crippen molar-refractivity contribution in [3.8, 4) is 11.6 Å². The van der Waals surface area contributed by atoms with Gasteiger partial charge in [-0.3, -0.25) is 9.59 Å². The highest BCUT2D eigenvalue weighted by Gasteiger charge is 2.61. The smallest absolute Gasteiger partial charge is 0.407 e. The van der Waals surface area contributed by atoms with E-state index >= 15 is 0 Å². The molecule has 0 bridgehead atoms. The highest BCUT2D eigenvalue weighted by Crippen LogP contribution is 2.45. The van der Waals surface area contributed by atoms with Gasteiger partial charge in [0.1, 0.15) is 23.4 Å². The number of nitrogens with one attached hydrogen (secondary N) is 2. The lowest BCUT2D eigenvalue weighted by Crippen LogP contribution is -2.53. The van der Waals surface area contributed by atoms with Gasteiger partial charge in [-0.1, -0.05) is 43.2 Å². The Hall–Kier alpha value is -4.06. The van der Waals surface area contributed by atoms with E-state index in [1.54, 1.807) is 18.2 Å². The number of pyridine rings is 1. The lowest BCUT2D eigenvalue weighted by atomic mass is 10.0. The van der Waals surface area contributed by atoms with E-state index in [4.69, 9.17) is 25.8 Å². The van der Waals surface area contributed by atoms with Crippen LogP contribution < -0.4 is 20.1 Å². The first-order valence-corrected chi connectivity index (χ1v) is 16.4. The lowest BCUT2D eigenvalue weighted by molar-refractivity contribution is -0.145. The summed E-state index contributed by atoms with van der Waals surface area (Å²) in [5.74, 6) is -1.61. The number of aliphatic carboxylic acids is 1. The van der Waals surface area contributed by atoms with Gasteiger partial charge in [0.25, 0.3) is 0 Å². The van der Waals surface area contributed by atoms with Crippen molar-refractivity contribution in [2.75, 3.05) is 19.8 Å². The monoisotopic (exact) mass is 656 g/mol. The van der Waals surface area contributed by atoms with Crippen molar-refractivity contribution in [2.24, 2.45) is 5.92 Å². The second-order valence-corrected chi connectivity index (χ2v) is 12.4. The molecule has 2 aromatic rings. The molecule has 2 fully saturated rings. The molecule has 2 aliphatic heterocycles. The Morgan fingerprint density at radius 2 is 2.07 bits per heavy atom. The van der Waals surface area contributed by atoms with E-state index in [0.717, 1.165) is 19.3 Å². The molecular formula is C33H41ClN4O8. The Balaban J connectivity index is 1.43. The van der Waals surface area contributed by atoms with Crippen molar-refractivity contribution in [3.63, 3.8) is 0 Å². The number of fused-ring (bicyclic) bond motifs is 3. The summed E-state index contributed by atoms with van der Waals surface area (Å²) in [4.78, 5) is 58.4. The molecule has 3 aliphatic rings. The minimum Gasteiger partial charge on any atom is -0.488 e. The van der Waals surface area contributed by atoms with Gasteiger partial charge >= 0.3 is 12.1 Å². The molecule has 1 aromatic heterocycles. The molecule has 13 heteroatoms. The summed E-state index contributed by atoms with van der Waals surface area (Å²) in [6.07, 6.45) is 6.39. The number of hydrogen-bond donors (Lipinski definition) is 3. The average Bonchev–Trinajstić information content (AvgIpc) is 3.55. The number of allylic oxidation sites excluding steroid dienone is 1. The highest BCUT2D eigenvalue weighted by atomic mass is 35.5. The molecule has 1 aromatic carbocycles. The highest BCUT2D eigenvalue weighted by molar-refractivity contribution is 6.35. The largest absolute Gasteiger partial charge is 0.488 e. The maximum atomic E-state index is 13.9. The average molecular weight is 657 g/mol. The van der Waals surface area contributed by atoms with Gasteiger partial charge in [0.15, 0.2) is 0 Å². The number of carboxylic acids is 1. The molecule has 1 saturated carbocycles. The van der Waals surface area contributed by atoms with Crippen LogP contribution in [0, 0.1) is 5.92 Å². The first-order chi connectivity index (χ1) is 22.1. The number of rotatable bonds is 8. The van der Waals surface area contributed by atoms with Crippen LogP contribution in [0.1, 0.15) is 65.2 Å². The number of carboxylic acid groups (broad SMARTS) is 1. The molecule has 3 N–H and O–H groups in total. The number of alkyl carbamates (subject to hydrolysis) is 1. The third kappa shape index (κ3) is 7.49. The Kier molecular flexibility index (Phi) is 10.6. The fourth-order valence-corrected chi connectivity index (χ4v) is 6.42. The lowest BCUT2D eigenvalue weighted by Gasteiger charge is -2.27. The molecule has 12 nitrogen and oxygen atoms in total. The number of nitrogens with zero attached hydrogens (tertiary/aromatic N) is 2. The molecule has 3 amide bonds. The molecule has 5 rings (SSSR count). The molecule has 0 unspecified atom stereocenters. The minimum absolute atomic E-state index is 0.0530. The summed E-state index contributed by atoms with van der Waals surface area (Å²) in [6.45, 7) is 4.43. The molecular weight excluding hydrogens is 616 g/mol. The van der Waals surface area contributed by atoms with Gasteiger partial charge in [-0.25, -0.2) is 14.6 Å². The van der Waals surface area contributed by atoms with Gasteiger partial charge in [-0.2, -0.15) is 0 Å². The molecule has 0 radical (unpaired) electrons. The first kappa shape index (κ1) is 33.3. The van der Waals surface area contributed by atoms with Crippen LogP contribution in [0.3, 0.4) is 0 Å². The van der Waals surface area contributed by atoms with Crippen molar-refractivity contribution in [2.45, 2.75) is 88.9 Å². The number of carbonyl (C=O) groups is 4. The van der Waals surface area contributed by atoms with Crippen LogP contribution in [-0.2, 0) is 19.1 Å².